The third kappa shape index (κ3) is 5.25. The van der Waals surface area contributed by atoms with E-state index in [4.69, 9.17) is 4.11 Å². The zero-order chi connectivity index (χ0) is 26.2. The molecule has 2 heterocycles. The average molecular weight is 464 g/mol. The highest BCUT2D eigenvalue weighted by Gasteiger charge is 2.37. The van der Waals surface area contributed by atoms with Crippen LogP contribution in [0.2, 0.25) is 0 Å². The Balaban J connectivity index is 1.71. The van der Waals surface area contributed by atoms with Crippen LogP contribution in [0.3, 0.4) is 0 Å². The first-order valence-corrected chi connectivity index (χ1v) is 8.42. The number of halogens is 6. The monoisotopic (exact) mass is 464 g/mol. The van der Waals surface area contributed by atoms with Crippen molar-refractivity contribution < 1.29 is 44.8 Å². The van der Waals surface area contributed by atoms with E-state index in [1.54, 1.807) is 0 Å². The van der Waals surface area contributed by atoms with Gasteiger partial charge in [-0.15, -0.1) is 5.10 Å². The van der Waals surface area contributed by atoms with Gasteiger partial charge in [-0.3, -0.25) is 15.0 Å². The zero-order valence-electron chi connectivity index (χ0n) is 18.5. The lowest BCUT2D eigenvalue weighted by Gasteiger charge is -2.15. The average Bonchev–Trinajstić information content (AvgIpc) is 3.30. The Bertz CT molecular complexity index is 1170. The molecule has 2 amide bonds. The lowest BCUT2D eigenvalue weighted by molar-refractivity contribution is -0.143. The number of nitrogens with one attached hydrogen (secondary N) is 1. The van der Waals surface area contributed by atoms with Crippen molar-refractivity contribution >= 4 is 18.0 Å². The molecule has 2 aromatic rings. The molecular formula is C18H13F6N5O3. The van der Waals surface area contributed by atoms with E-state index in [9.17, 15) is 35.9 Å². The molecule has 0 unspecified atom stereocenters. The molecule has 32 heavy (non-hydrogen) atoms. The third-order valence-corrected chi connectivity index (χ3v) is 3.97. The number of alkyl halides is 6. The van der Waals surface area contributed by atoms with E-state index in [1.165, 1.54) is 0 Å². The van der Waals surface area contributed by atoms with Crippen LogP contribution in [0.15, 0.2) is 42.4 Å². The molecule has 170 valence electrons. The minimum Gasteiger partial charge on any atom is -0.499 e. The molecule has 0 atom stereocenters. The Morgan fingerprint density at radius 1 is 1.19 bits per heavy atom. The lowest BCUT2D eigenvalue weighted by atomic mass is 10.0. The minimum atomic E-state index is -5.05. The Labute approximate surface area is 180 Å². The molecule has 0 bridgehead atoms. The van der Waals surface area contributed by atoms with Crippen LogP contribution in [0, 0.1) is 0 Å². The topological polar surface area (TPSA) is 89.4 Å². The number of carbonyl (C=O) groups excluding carboxylic acids is 2. The maximum atomic E-state index is 13.0. The predicted molar refractivity (Wildman–Crippen MR) is 95.7 cm³/mol. The Hall–Kier alpha value is -3.84. The summed E-state index contributed by atoms with van der Waals surface area (Å²) in [5.41, 5.74) is -1.51. The van der Waals surface area contributed by atoms with Crippen LogP contribution in [-0.4, -0.2) is 45.2 Å². The van der Waals surface area contributed by atoms with Gasteiger partial charge in [-0.05, 0) is 18.2 Å². The van der Waals surface area contributed by atoms with E-state index in [0.29, 0.717) is 12.1 Å². The van der Waals surface area contributed by atoms with Crippen molar-refractivity contribution in [3.05, 3.63) is 53.6 Å². The van der Waals surface area contributed by atoms with Gasteiger partial charge in [0, 0.05) is 23.9 Å². The van der Waals surface area contributed by atoms with E-state index in [-0.39, 0.29) is 18.4 Å². The number of aromatic nitrogens is 3. The van der Waals surface area contributed by atoms with E-state index < -0.39 is 53.7 Å². The summed E-state index contributed by atoms with van der Waals surface area (Å²) < 4.78 is 105. The van der Waals surface area contributed by atoms with Crippen molar-refractivity contribution in [1.29, 1.82) is 0 Å². The van der Waals surface area contributed by atoms with Gasteiger partial charge >= 0.3 is 12.4 Å². The Kier molecular flexibility index (Phi) is 4.93. The number of amides is 2. The second kappa shape index (κ2) is 8.36. The summed E-state index contributed by atoms with van der Waals surface area (Å²) in [4.78, 5) is 27.5. The predicted octanol–water partition coefficient (Wildman–Crippen LogP) is 2.86. The van der Waals surface area contributed by atoms with Gasteiger partial charge in [-0.25, -0.2) is 14.7 Å². The molecule has 1 aromatic carbocycles. The van der Waals surface area contributed by atoms with Crippen molar-refractivity contribution in [2.24, 2.45) is 0 Å². The fraction of sp³-hybridized carbons (Fsp3) is 0.222. The summed E-state index contributed by atoms with van der Waals surface area (Å²) in [5, 5.41) is 4.48. The number of nitrogens with zero attached hydrogens (tertiary/aromatic N) is 4. The first-order valence-electron chi connectivity index (χ1n) is 9.92. The normalized spacial score (nSPS) is 16.6. The Morgan fingerprint density at radius 2 is 1.84 bits per heavy atom. The maximum absolute atomic E-state index is 13.0. The molecule has 1 N–H and O–H groups in total. The number of hydrogen-bond acceptors (Lipinski definition) is 5. The van der Waals surface area contributed by atoms with Gasteiger partial charge in [0.15, 0.2) is 5.82 Å². The molecule has 1 aliphatic rings. The maximum Gasteiger partial charge on any atom is 0.416 e. The summed E-state index contributed by atoms with van der Waals surface area (Å²) in [6.07, 6.45) is -6.50. The molecular weight excluding hydrogens is 448 g/mol. The molecule has 0 spiro atoms. The fourth-order valence-corrected chi connectivity index (χ4v) is 2.53. The van der Waals surface area contributed by atoms with Gasteiger partial charge in [0.25, 0.3) is 11.8 Å². The second-order valence-corrected chi connectivity index (χ2v) is 6.27. The minimum absolute atomic E-state index is 0.0339. The molecule has 14 heteroatoms. The highest BCUT2D eigenvalue weighted by molar-refractivity contribution is 5.95. The number of hydrogen-bond donors (Lipinski definition) is 1. The van der Waals surface area contributed by atoms with Gasteiger partial charge in [0.2, 0.25) is 0 Å². The van der Waals surface area contributed by atoms with Crippen LogP contribution in [0.1, 0.15) is 15.2 Å². The first-order chi connectivity index (χ1) is 16.0. The lowest BCUT2D eigenvalue weighted by Crippen LogP contribution is -2.42. The molecule has 0 radical (unpaired) electrons. The zero-order valence-corrected chi connectivity index (χ0v) is 15.5. The van der Waals surface area contributed by atoms with Crippen molar-refractivity contribution in [2.45, 2.75) is 12.4 Å². The first kappa shape index (κ1) is 18.9. The van der Waals surface area contributed by atoms with Crippen molar-refractivity contribution in [3.63, 3.8) is 0 Å². The summed E-state index contributed by atoms with van der Waals surface area (Å²) >= 11 is 0. The number of rotatable bonds is 5. The number of carbonyl (C=O) groups is 2. The van der Waals surface area contributed by atoms with Crippen LogP contribution < -0.4 is 5.43 Å². The number of ether oxygens (including phenoxy) is 1. The molecule has 0 fully saturated rings. The molecule has 0 saturated carbocycles. The van der Waals surface area contributed by atoms with Crippen molar-refractivity contribution in [2.75, 3.05) is 13.6 Å². The molecule has 1 aromatic heterocycles. The molecule has 8 nitrogen and oxygen atoms in total. The Morgan fingerprint density at radius 3 is 2.44 bits per heavy atom. The number of methoxy groups -OCH3 is 1. The van der Waals surface area contributed by atoms with E-state index >= 15 is 0 Å². The highest BCUT2D eigenvalue weighted by atomic mass is 19.4. The van der Waals surface area contributed by atoms with Crippen LogP contribution in [0.4, 0.5) is 26.3 Å². The highest BCUT2D eigenvalue weighted by Crippen LogP contribution is 2.38. The van der Waals surface area contributed by atoms with Crippen LogP contribution >= 0.6 is 0 Å². The van der Waals surface area contributed by atoms with Gasteiger partial charge in [-0.1, -0.05) is 0 Å². The van der Waals surface area contributed by atoms with Crippen molar-refractivity contribution in [1.82, 2.24) is 25.2 Å². The van der Waals surface area contributed by atoms with Gasteiger partial charge in [0.05, 0.1) is 22.3 Å². The fourth-order valence-electron chi connectivity index (χ4n) is 2.53. The van der Waals surface area contributed by atoms with Crippen molar-refractivity contribution in [3.8, 4) is 11.4 Å². The number of benzene rings is 1. The van der Waals surface area contributed by atoms with Crippen LogP contribution in [-0.2, 0) is 26.7 Å². The SMILES string of the molecule is [2H]C([2H])([2H])OC1=CC(=O)N(NC(=O)/C=C\n2cnc(-c3cc(C(F)(F)F)cc(C(F)(F)F)c3)n2)C1. The molecule has 3 rings (SSSR count). The molecule has 0 saturated heterocycles. The summed E-state index contributed by atoms with van der Waals surface area (Å²) in [6, 6.07) is 0.875. The summed E-state index contributed by atoms with van der Waals surface area (Å²) in [7, 11) is -2.79. The van der Waals surface area contributed by atoms with E-state index in [2.05, 4.69) is 20.2 Å². The number of hydrazine groups is 1. The van der Waals surface area contributed by atoms with E-state index in [0.717, 1.165) is 34.4 Å². The standard InChI is InChI=1S/C18H13F6N5O3/c1-32-13-7-15(31)29(8-13)26-14(30)2-3-28-9-25-16(27-28)10-4-11(17(19,20)21)6-12(5-10)18(22,23)24/h2-7,9H,8H2,1H3,(H,26,30)/b3-2-/i1D3. The van der Waals surface area contributed by atoms with Gasteiger partial charge in [0.1, 0.15) is 18.6 Å². The quantitative estimate of drug-likeness (QED) is 0.543. The van der Waals surface area contributed by atoms with Crippen LogP contribution in [0.5, 0.6) is 0 Å². The van der Waals surface area contributed by atoms with Crippen LogP contribution in [0.25, 0.3) is 17.6 Å². The molecule has 1 aliphatic heterocycles. The van der Waals surface area contributed by atoms with Gasteiger partial charge < -0.3 is 4.74 Å². The summed E-state index contributed by atoms with van der Waals surface area (Å²) in [6.45, 7) is -0.360. The smallest absolute Gasteiger partial charge is 0.416 e. The summed E-state index contributed by atoms with van der Waals surface area (Å²) in [5.74, 6) is -2.34. The third-order valence-electron chi connectivity index (χ3n) is 3.97. The largest absolute Gasteiger partial charge is 0.499 e. The second-order valence-electron chi connectivity index (χ2n) is 6.27. The van der Waals surface area contributed by atoms with Gasteiger partial charge in [-0.2, -0.15) is 26.3 Å². The molecule has 0 aliphatic carbocycles. The van der Waals surface area contributed by atoms with E-state index in [1.807, 2.05) is 0 Å².